The van der Waals surface area contributed by atoms with Gasteiger partial charge in [0, 0.05) is 30.0 Å². The Labute approximate surface area is 99.4 Å². The SMILES string of the molecule is Cc1cc(=O)c(C(=O)NC2CCCC2N)c[nH]1. The van der Waals surface area contributed by atoms with Crippen LogP contribution in [0.3, 0.4) is 0 Å². The average molecular weight is 235 g/mol. The van der Waals surface area contributed by atoms with E-state index in [1.165, 1.54) is 12.3 Å². The zero-order valence-electron chi connectivity index (χ0n) is 9.82. The smallest absolute Gasteiger partial charge is 0.257 e. The van der Waals surface area contributed by atoms with Gasteiger partial charge < -0.3 is 16.0 Å². The Morgan fingerprint density at radius 1 is 1.53 bits per heavy atom. The third-order valence-corrected chi connectivity index (χ3v) is 3.19. The number of hydrogen-bond donors (Lipinski definition) is 3. The molecule has 5 nitrogen and oxygen atoms in total. The van der Waals surface area contributed by atoms with Crippen LogP contribution in [0.15, 0.2) is 17.1 Å². The van der Waals surface area contributed by atoms with Crippen molar-refractivity contribution in [1.29, 1.82) is 0 Å². The first-order valence-corrected chi connectivity index (χ1v) is 5.83. The van der Waals surface area contributed by atoms with Crippen LogP contribution in [0, 0.1) is 6.92 Å². The summed E-state index contributed by atoms with van der Waals surface area (Å²) in [6.07, 6.45) is 4.29. The largest absolute Gasteiger partial charge is 0.364 e. The lowest BCUT2D eigenvalue weighted by molar-refractivity contribution is 0.0933. The molecule has 0 saturated heterocycles. The lowest BCUT2D eigenvalue weighted by Gasteiger charge is -2.16. The molecule has 1 amide bonds. The summed E-state index contributed by atoms with van der Waals surface area (Å²) in [4.78, 5) is 26.4. The zero-order valence-corrected chi connectivity index (χ0v) is 9.82. The Morgan fingerprint density at radius 2 is 2.29 bits per heavy atom. The molecule has 0 aliphatic heterocycles. The molecular weight excluding hydrogens is 218 g/mol. The number of rotatable bonds is 2. The summed E-state index contributed by atoms with van der Waals surface area (Å²) in [6, 6.07) is 1.41. The van der Waals surface area contributed by atoms with Crippen molar-refractivity contribution in [3.8, 4) is 0 Å². The van der Waals surface area contributed by atoms with Crippen LogP contribution >= 0.6 is 0 Å². The summed E-state index contributed by atoms with van der Waals surface area (Å²) in [7, 11) is 0. The van der Waals surface area contributed by atoms with Crippen molar-refractivity contribution in [2.24, 2.45) is 5.73 Å². The van der Waals surface area contributed by atoms with Gasteiger partial charge in [-0.3, -0.25) is 9.59 Å². The third-order valence-electron chi connectivity index (χ3n) is 3.19. The topological polar surface area (TPSA) is 88.0 Å². The van der Waals surface area contributed by atoms with Crippen molar-refractivity contribution < 1.29 is 4.79 Å². The second kappa shape index (κ2) is 4.71. The molecule has 92 valence electrons. The van der Waals surface area contributed by atoms with Crippen molar-refractivity contribution in [2.45, 2.75) is 38.3 Å². The van der Waals surface area contributed by atoms with Crippen molar-refractivity contribution in [3.63, 3.8) is 0 Å². The summed E-state index contributed by atoms with van der Waals surface area (Å²) in [5.74, 6) is -0.339. The van der Waals surface area contributed by atoms with Gasteiger partial charge in [0.05, 0.1) is 0 Å². The van der Waals surface area contributed by atoms with Crippen LogP contribution in [0.2, 0.25) is 0 Å². The molecule has 1 aliphatic rings. The molecule has 4 N–H and O–H groups in total. The fourth-order valence-electron chi connectivity index (χ4n) is 2.16. The van der Waals surface area contributed by atoms with Crippen LogP contribution in [0.5, 0.6) is 0 Å². The van der Waals surface area contributed by atoms with Crippen molar-refractivity contribution in [2.75, 3.05) is 0 Å². The van der Waals surface area contributed by atoms with Gasteiger partial charge in [0.25, 0.3) is 5.91 Å². The van der Waals surface area contributed by atoms with E-state index in [9.17, 15) is 9.59 Å². The first kappa shape index (κ1) is 11.9. The summed E-state index contributed by atoms with van der Waals surface area (Å²) >= 11 is 0. The monoisotopic (exact) mass is 235 g/mol. The molecule has 5 heteroatoms. The maximum Gasteiger partial charge on any atom is 0.257 e. The minimum Gasteiger partial charge on any atom is -0.364 e. The van der Waals surface area contributed by atoms with E-state index in [0.29, 0.717) is 0 Å². The van der Waals surface area contributed by atoms with Crippen LogP contribution < -0.4 is 16.5 Å². The summed E-state index contributed by atoms with van der Waals surface area (Å²) in [5.41, 5.74) is 6.50. The molecule has 0 aromatic carbocycles. The second-order valence-electron chi connectivity index (χ2n) is 4.57. The number of carbonyl (C=O) groups excluding carboxylic acids is 1. The standard InChI is InChI=1S/C12H17N3O2/c1-7-5-11(16)8(6-14-7)12(17)15-10-4-2-3-9(10)13/h5-6,9-10H,2-4,13H2,1H3,(H,14,16)(H,15,17). The van der Waals surface area contributed by atoms with E-state index in [0.717, 1.165) is 25.0 Å². The molecule has 2 unspecified atom stereocenters. The van der Waals surface area contributed by atoms with Crippen molar-refractivity contribution in [3.05, 3.63) is 33.7 Å². The number of nitrogens with two attached hydrogens (primary N) is 1. The van der Waals surface area contributed by atoms with E-state index >= 15 is 0 Å². The molecule has 0 radical (unpaired) electrons. The number of aromatic nitrogens is 1. The van der Waals surface area contributed by atoms with Gasteiger partial charge in [0.15, 0.2) is 5.43 Å². The highest BCUT2D eigenvalue weighted by molar-refractivity contribution is 5.94. The lowest BCUT2D eigenvalue weighted by atomic mass is 10.1. The Kier molecular flexibility index (Phi) is 3.28. The predicted octanol–water partition coefficient (Wildman–Crippen LogP) is 0.293. The quantitative estimate of drug-likeness (QED) is 0.688. The number of amides is 1. The highest BCUT2D eigenvalue weighted by Crippen LogP contribution is 2.17. The molecule has 1 aromatic heterocycles. The predicted molar refractivity (Wildman–Crippen MR) is 64.9 cm³/mol. The van der Waals surface area contributed by atoms with E-state index in [-0.39, 0.29) is 29.0 Å². The van der Waals surface area contributed by atoms with Gasteiger partial charge in [-0.15, -0.1) is 0 Å². The molecule has 17 heavy (non-hydrogen) atoms. The summed E-state index contributed by atoms with van der Waals surface area (Å²) < 4.78 is 0. The summed E-state index contributed by atoms with van der Waals surface area (Å²) in [6.45, 7) is 1.77. The average Bonchev–Trinajstić information content (AvgIpc) is 2.64. The molecule has 1 saturated carbocycles. The van der Waals surface area contributed by atoms with Gasteiger partial charge in [0.2, 0.25) is 0 Å². The molecule has 1 fully saturated rings. The number of aromatic amines is 1. The Morgan fingerprint density at radius 3 is 2.88 bits per heavy atom. The Hall–Kier alpha value is -1.62. The Bertz CT molecular complexity index is 481. The van der Waals surface area contributed by atoms with Crippen LogP contribution in [0.4, 0.5) is 0 Å². The molecular formula is C12H17N3O2. The van der Waals surface area contributed by atoms with Crippen molar-refractivity contribution >= 4 is 5.91 Å². The van der Waals surface area contributed by atoms with E-state index in [2.05, 4.69) is 10.3 Å². The van der Waals surface area contributed by atoms with Crippen LogP contribution in [-0.2, 0) is 0 Å². The minimum absolute atomic E-state index is 0.00322. The third kappa shape index (κ3) is 2.55. The Balaban J connectivity index is 2.12. The summed E-state index contributed by atoms with van der Waals surface area (Å²) in [5, 5.41) is 2.82. The number of aryl methyl sites for hydroxylation is 1. The number of carbonyl (C=O) groups is 1. The molecule has 1 heterocycles. The first-order valence-electron chi connectivity index (χ1n) is 5.83. The molecule has 2 rings (SSSR count). The fraction of sp³-hybridized carbons (Fsp3) is 0.500. The van der Waals surface area contributed by atoms with Crippen molar-refractivity contribution in [1.82, 2.24) is 10.3 Å². The van der Waals surface area contributed by atoms with Crippen LogP contribution in [0.1, 0.15) is 35.3 Å². The minimum atomic E-state index is -0.339. The number of hydrogen-bond acceptors (Lipinski definition) is 3. The number of H-pyrrole nitrogens is 1. The van der Waals surface area contributed by atoms with Gasteiger partial charge >= 0.3 is 0 Å². The molecule has 1 aromatic rings. The van der Waals surface area contributed by atoms with Gasteiger partial charge in [-0.25, -0.2) is 0 Å². The zero-order chi connectivity index (χ0) is 12.4. The number of nitrogens with one attached hydrogen (secondary N) is 2. The highest BCUT2D eigenvalue weighted by Gasteiger charge is 2.26. The van der Waals surface area contributed by atoms with Crippen LogP contribution in [-0.4, -0.2) is 23.0 Å². The maximum absolute atomic E-state index is 11.9. The second-order valence-corrected chi connectivity index (χ2v) is 4.57. The maximum atomic E-state index is 11.9. The molecule has 2 atom stereocenters. The molecule has 0 bridgehead atoms. The molecule has 1 aliphatic carbocycles. The van der Waals surface area contributed by atoms with Gasteiger partial charge in [-0.05, 0) is 26.2 Å². The van der Waals surface area contributed by atoms with E-state index < -0.39 is 0 Å². The van der Waals surface area contributed by atoms with Gasteiger partial charge in [-0.2, -0.15) is 0 Å². The first-order chi connectivity index (χ1) is 8.08. The van der Waals surface area contributed by atoms with E-state index in [1.807, 2.05) is 0 Å². The lowest BCUT2D eigenvalue weighted by Crippen LogP contribution is -2.45. The van der Waals surface area contributed by atoms with Gasteiger partial charge in [-0.1, -0.05) is 0 Å². The van der Waals surface area contributed by atoms with Crippen LogP contribution in [0.25, 0.3) is 0 Å². The van der Waals surface area contributed by atoms with E-state index in [4.69, 9.17) is 5.73 Å². The van der Waals surface area contributed by atoms with E-state index in [1.54, 1.807) is 6.92 Å². The normalized spacial score (nSPS) is 23.6. The molecule has 0 spiro atoms. The highest BCUT2D eigenvalue weighted by atomic mass is 16.2. The number of pyridine rings is 1. The van der Waals surface area contributed by atoms with Gasteiger partial charge in [0.1, 0.15) is 5.56 Å². The fourth-order valence-corrected chi connectivity index (χ4v) is 2.16.